The molecule has 2 unspecified atom stereocenters. The van der Waals surface area contributed by atoms with E-state index in [0.717, 1.165) is 28.3 Å². The number of ether oxygens (including phenoxy) is 1. The molecule has 0 saturated carbocycles. The number of aliphatic hydroxyl groups excluding tert-OH is 1. The van der Waals surface area contributed by atoms with Crippen molar-refractivity contribution in [2.24, 2.45) is 0 Å². The van der Waals surface area contributed by atoms with Crippen molar-refractivity contribution in [1.29, 1.82) is 0 Å². The van der Waals surface area contributed by atoms with Crippen molar-refractivity contribution >= 4 is 12.1 Å². The van der Waals surface area contributed by atoms with Crippen LogP contribution in [0, 0.1) is 5.82 Å². The number of aliphatic hydroxyl groups is 1. The number of rotatable bonds is 7. The second-order valence-electron chi connectivity index (χ2n) is 8.14. The van der Waals surface area contributed by atoms with Crippen LogP contribution in [0.5, 0.6) is 0 Å². The van der Waals surface area contributed by atoms with Gasteiger partial charge in [-0.1, -0.05) is 54.6 Å². The van der Waals surface area contributed by atoms with E-state index < -0.39 is 35.6 Å². The van der Waals surface area contributed by atoms with Crippen LogP contribution in [0.3, 0.4) is 0 Å². The zero-order valence-electron chi connectivity index (χ0n) is 18.0. The van der Waals surface area contributed by atoms with E-state index in [2.05, 4.69) is 5.32 Å². The smallest absolute Gasteiger partial charge is 0.407 e. The molecule has 2 atom stereocenters. The van der Waals surface area contributed by atoms with Gasteiger partial charge in [-0.2, -0.15) is 0 Å². The second-order valence-corrected chi connectivity index (χ2v) is 8.14. The summed E-state index contributed by atoms with van der Waals surface area (Å²) in [4.78, 5) is 23.7. The highest BCUT2D eigenvalue weighted by atomic mass is 19.1. The van der Waals surface area contributed by atoms with E-state index in [1.54, 1.807) is 0 Å². The number of carbonyl (C=O) groups excluding carboxylic acids is 1. The summed E-state index contributed by atoms with van der Waals surface area (Å²) >= 11 is 0. The van der Waals surface area contributed by atoms with Crippen LogP contribution in [-0.4, -0.2) is 41.0 Å². The van der Waals surface area contributed by atoms with Crippen LogP contribution >= 0.6 is 0 Å². The summed E-state index contributed by atoms with van der Waals surface area (Å²) in [5.41, 5.74) is 4.43. The maximum absolute atomic E-state index is 13.7. The molecule has 0 aromatic heterocycles. The Bertz CT molecular complexity index is 1150. The summed E-state index contributed by atoms with van der Waals surface area (Å²) in [7, 11) is 0. The molecule has 0 fully saturated rings. The summed E-state index contributed by atoms with van der Waals surface area (Å²) in [5.74, 6) is -2.32. The van der Waals surface area contributed by atoms with E-state index in [0.29, 0.717) is 5.56 Å². The maximum Gasteiger partial charge on any atom is 0.407 e. The van der Waals surface area contributed by atoms with E-state index in [1.807, 2.05) is 48.5 Å². The number of amides is 1. The number of fused-ring (bicyclic) bond motifs is 3. The zero-order valence-corrected chi connectivity index (χ0v) is 18.0. The molecule has 0 radical (unpaired) electrons. The SMILES string of the molecule is CC(O)C(Cc1ccc(F)c(C(=O)O)c1)NC(=O)OCC1c2ccccc2-c2ccccc21. The lowest BCUT2D eigenvalue weighted by Crippen LogP contribution is -2.44. The molecule has 0 aliphatic heterocycles. The van der Waals surface area contributed by atoms with Crippen LogP contribution in [0.1, 0.15) is 39.9 Å². The standard InChI is InChI=1S/C26H24FNO5/c1-15(29)24(13-16-10-11-23(27)21(12-16)25(30)31)28-26(32)33-14-22-19-8-4-2-6-17(19)18-7-3-5-9-20(18)22/h2-12,15,22,24,29H,13-14H2,1H3,(H,28,32)(H,30,31). The molecular formula is C26H24FNO5. The Labute approximate surface area is 190 Å². The molecule has 3 aromatic rings. The highest BCUT2D eigenvalue weighted by Crippen LogP contribution is 2.44. The van der Waals surface area contributed by atoms with E-state index >= 15 is 0 Å². The molecule has 1 amide bonds. The van der Waals surface area contributed by atoms with Gasteiger partial charge in [0.15, 0.2) is 0 Å². The number of nitrogens with one attached hydrogen (secondary N) is 1. The van der Waals surface area contributed by atoms with Crippen molar-refractivity contribution in [3.63, 3.8) is 0 Å². The van der Waals surface area contributed by atoms with Gasteiger partial charge in [0, 0.05) is 5.92 Å². The first-order valence-corrected chi connectivity index (χ1v) is 10.7. The molecule has 7 heteroatoms. The highest BCUT2D eigenvalue weighted by Gasteiger charge is 2.29. The number of aromatic carboxylic acids is 1. The van der Waals surface area contributed by atoms with Gasteiger partial charge in [-0.05, 0) is 53.3 Å². The summed E-state index contributed by atoms with van der Waals surface area (Å²) in [6.07, 6.45) is -1.52. The molecule has 170 valence electrons. The molecular weight excluding hydrogens is 425 g/mol. The average molecular weight is 449 g/mol. The van der Waals surface area contributed by atoms with Gasteiger partial charge < -0.3 is 20.3 Å². The third-order valence-electron chi connectivity index (χ3n) is 5.95. The van der Waals surface area contributed by atoms with E-state index in [1.165, 1.54) is 19.1 Å². The molecule has 0 heterocycles. The van der Waals surface area contributed by atoms with Crippen molar-refractivity contribution in [2.75, 3.05) is 6.61 Å². The van der Waals surface area contributed by atoms with Crippen LogP contribution in [0.15, 0.2) is 66.7 Å². The van der Waals surface area contributed by atoms with Crippen LogP contribution in [0.25, 0.3) is 11.1 Å². The number of alkyl carbamates (subject to hydrolysis) is 1. The topological polar surface area (TPSA) is 95.9 Å². The molecule has 0 bridgehead atoms. The largest absolute Gasteiger partial charge is 0.478 e. The molecule has 4 rings (SSSR count). The van der Waals surface area contributed by atoms with Crippen LogP contribution in [0.2, 0.25) is 0 Å². The number of benzene rings is 3. The fourth-order valence-corrected chi connectivity index (χ4v) is 4.25. The van der Waals surface area contributed by atoms with E-state index in [9.17, 15) is 19.1 Å². The Morgan fingerprint density at radius 2 is 1.64 bits per heavy atom. The maximum atomic E-state index is 13.7. The number of hydrogen-bond acceptors (Lipinski definition) is 4. The normalized spacial score (nSPS) is 14.2. The molecule has 1 aliphatic rings. The van der Waals surface area contributed by atoms with Crippen molar-refractivity contribution in [3.8, 4) is 11.1 Å². The monoisotopic (exact) mass is 449 g/mol. The summed E-state index contributed by atoms with van der Waals surface area (Å²) in [6, 6.07) is 18.9. The highest BCUT2D eigenvalue weighted by molar-refractivity contribution is 5.88. The Morgan fingerprint density at radius 3 is 2.21 bits per heavy atom. The fraction of sp³-hybridized carbons (Fsp3) is 0.231. The minimum atomic E-state index is -1.38. The van der Waals surface area contributed by atoms with Crippen molar-refractivity contribution in [3.05, 3.63) is 94.8 Å². The van der Waals surface area contributed by atoms with Crippen LogP contribution in [0.4, 0.5) is 9.18 Å². The lowest BCUT2D eigenvalue weighted by Gasteiger charge is -2.22. The van der Waals surface area contributed by atoms with Gasteiger partial charge in [-0.3, -0.25) is 0 Å². The first kappa shape index (κ1) is 22.5. The predicted molar refractivity (Wildman–Crippen MR) is 121 cm³/mol. The van der Waals surface area contributed by atoms with Gasteiger partial charge in [0.2, 0.25) is 0 Å². The Morgan fingerprint density at radius 1 is 1.03 bits per heavy atom. The van der Waals surface area contributed by atoms with E-state index in [4.69, 9.17) is 9.84 Å². The molecule has 1 aliphatic carbocycles. The predicted octanol–water partition coefficient (Wildman–Crippen LogP) is 4.35. The third kappa shape index (κ3) is 4.73. The minimum Gasteiger partial charge on any atom is -0.478 e. The lowest BCUT2D eigenvalue weighted by molar-refractivity contribution is 0.0691. The Hall–Kier alpha value is -3.71. The molecule has 0 saturated heterocycles. The first-order valence-electron chi connectivity index (χ1n) is 10.7. The molecule has 0 spiro atoms. The number of carbonyl (C=O) groups is 2. The zero-order chi connectivity index (χ0) is 23.5. The van der Waals surface area contributed by atoms with Crippen molar-refractivity contribution in [2.45, 2.75) is 31.4 Å². The quantitative estimate of drug-likeness (QED) is 0.498. The van der Waals surface area contributed by atoms with Gasteiger partial charge >= 0.3 is 12.1 Å². The second kappa shape index (κ2) is 9.42. The molecule has 6 nitrogen and oxygen atoms in total. The van der Waals surface area contributed by atoms with Gasteiger partial charge in [-0.25, -0.2) is 14.0 Å². The molecule has 3 N–H and O–H groups in total. The van der Waals surface area contributed by atoms with Crippen LogP contribution < -0.4 is 5.32 Å². The van der Waals surface area contributed by atoms with Crippen molar-refractivity contribution in [1.82, 2.24) is 5.32 Å². The van der Waals surface area contributed by atoms with E-state index in [-0.39, 0.29) is 18.9 Å². The summed E-state index contributed by atoms with van der Waals surface area (Å²) in [5, 5.41) is 21.9. The Balaban J connectivity index is 1.43. The minimum absolute atomic E-state index is 0.0941. The van der Waals surface area contributed by atoms with Gasteiger partial charge in [0.1, 0.15) is 12.4 Å². The van der Waals surface area contributed by atoms with Gasteiger partial charge in [0.25, 0.3) is 0 Å². The lowest BCUT2D eigenvalue weighted by atomic mass is 9.98. The molecule has 33 heavy (non-hydrogen) atoms. The molecule has 3 aromatic carbocycles. The van der Waals surface area contributed by atoms with Crippen molar-refractivity contribution < 1.29 is 28.9 Å². The summed E-state index contributed by atoms with van der Waals surface area (Å²) in [6.45, 7) is 1.64. The third-order valence-corrected chi connectivity index (χ3v) is 5.95. The number of carboxylic acid groups (broad SMARTS) is 1. The number of carboxylic acids is 1. The first-order chi connectivity index (χ1) is 15.8. The average Bonchev–Trinajstić information content (AvgIpc) is 3.12. The number of halogens is 1. The summed E-state index contributed by atoms with van der Waals surface area (Å²) < 4.78 is 19.2. The Kier molecular flexibility index (Phi) is 6.42. The number of hydrogen-bond donors (Lipinski definition) is 3. The van der Waals surface area contributed by atoms with Crippen LogP contribution in [-0.2, 0) is 11.2 Å². The van der Waals surface area contributed by atoms with Gasteiger partial charge in [0.05, 0.1) is 17.7 Å². The fourth-order valence-electron chi connectivity index (χ4n) is 4.25. The van der Waals surface area contributed by atoms with Gasteiger partial charge in [-0.15, -0.1) is 0 Å².